The van der Waals surface area contributed by atoms with E-state index >= 15 is 0 Å². The van der Waals surface area contributed by atoms with Crippen molar-refractivity contribution in [1.82, 2.24) is 25.6 Å². The van der Waals surface area contributed by atoms with Crippen LogP contribution in [0.2, 0.25) is 0 Å². The molecule has 1 aromatic carbocycles. The quantitative estimate of drug-likeness (QED) is 0.575. The molecule has 2 aromatic rings. The van der Waals surface area contributed by atoms with Crippen molar-refractivity contribution < 1.29 is 32.3 Å². The molecule has 0 bridgehead atoms. The molecule has 9 nitrogen and oxygen atoms in total. The van der Waals surface area contributed by atoms with Crippen LogP contribution < -0.4 is 10.6 Å². The van der Waals surface area contributed by atoms with Gasteiger partial charge in [-0.25, -0.2) is 9.99 Å². The van der Waals surface area contributed by atoms with Crippen LogP contribution in [0.15, 0.2) is 24.3 Å². The number of carbonyl (C=O) groups is 3. The van der Waals surface area contributed by atoms with Gasteiger partial charge in [0.15, 0.2) is 5.92 Å². The lowest BCUT2D eigenvalue weighted by atomic mass is 9.98. The molecule has 1 saturated heterocycles. The Balaban J connectivity index is 1.52. The van der Waals surface area contributed by atoms with Crippen LogP contribution in [0.4, 0.5) is 13.2 Å². The predicted octanol–water partition coefficient (Wildman–Crippen LogP) is 2.33. The van der Waals surface area contributed by atoms with E-state index in [1.165, 1.54) is 12.1 Å². The smallest absolute Gasteiger partial charge is 0.378 e. The summed E-state index contributed by atoms with van der Waals surface area (Å²) in [5.41, 5.74) is 1.57. The molecule has 1 aromatic heterocycles. The molecule has 0 spiro atoms. The van der Waals surface area contributed by atoms with E-state index in [4.69, 9.17) is 4.74 Å². The molecule has 2 aliphatic heterocycles. The van der Waals surface area contributed by atoms with Crippen molar-refractivity contribution in [3.63, 3.8) is 0 Å². The zero-order valence-electron chi connectivity index (χ0n) is 19.7. The summed E-state index contributed by atoms with van der Waals surface area (Å²) in [7, 11) is 1.46. The summed E-state index contributed by atoms with van der Waals surface area (Å²) in [6.45, 7) is 2.24. The minimum atomic E-state index is -4.95. The number of amides is 3. The summed E-state index contributed by atoms with van der Waals surface area (Å²) in [6.07, 6.45) is -4.22. The fourth-order valence-electron chi connectivity index (χ4n) is 4.38. The maximum Gasteiger partial charge on any atom is 0.402 e. The first-order valence-electron chi connectivity index (χ1n) is 11.3. The van der Waals surface area contributed by atoms with Gasteiger partial charge in [-0.15, -0.1) is 11.3 Å². The van der Waals surface area contributed by atoms with Crippen molar-refractivity contribution in [1.29, 1.82) is 0 Å². The summed E-state index contributed by atoms with van der Waals surface area (Å²) in [5.74, 6) is -5.18. The molecule has 0 radical (unpaired) electrons. The zero-order valence-corrected chi connectivity index (χ0v) is 20.5. The highest BCUT2D eigenvalue weighted by molar-refractivity contribution is 7.13. The van der Waals surface area contributed by atoms with Crippen molar-refractivity contribution in [2.45, 2.75) is 38.7 Å². The summed E-state index contributed by atoms with van der Waals surface area (Å²) >= 11 is 1.01. The lowest BCUT2D eigenvalue weighted by Gasteiger charge is -2.28. The number of methoxy groups -OCH3 is 1. The lowest BCUT2D eigenvalue weighted by molar-refractivity contribution is -0.182. The average Bonchev–Trinajstić information content (AvgIpc) is 3.40. The van der Waals surface area contributed by atoms with E-state index in [-0.39, 0.29) is 11.5 Å². The van der Waals surface area contributed by atoms with Crippen LogP contribution in [-0.4, -0.2) is 65.6 Å². The molecule has 194 valence electrons. The van der Waals surface area contributed by atoms with E-state index in [0.29, 0.717) is 35.9 Å². The maximum atomic E-state index is 13.9. The van der Waals surface area contributed by atoms with E-state index in [9.17, 15) is 27.6 Å². The number of carbonyl (C=O) groups excluding carboxylic acids is 3. The number of rotatable bonds is 7. The number of ether oxygens (including phenoxy) is 1. The second-order valence-corrected chi connectivity index (χ2v) is 9.69. The van der Waals surface area contributed by atoms with Crippen LogP contribution >= 0.6 is 11.3 Å². The van der Waals surface area contributed by atoms with Gasteiger partial charge in [0.05, 0.1) is 12.3 Å². The molecular weight excluding hydrogens is 499 g/mol. The third kappa shape index (κ3) is 5.37. The number of hydrazine groups is 1. The Hall–Kier alpha value is -3.03. The minimum Gasteiger partial charge on any atom is -0.378 e. The highest BCUT2D eigenvalue weighted by Crippen LogP contribution is 2.32. The number of aromatic nitrogens is 1. The SMILES string of the molecule is COCc1nc(C)c(C(=O)NC[C@H](C(=O)N[C@@H]2C(=O)N3CCCN3Cc3ccccc32)C(F)(F)F)s1. The van der Waals surface area contributed by atoms with Crippen LogP contribution in [0.25, 0.3) is 0 Å². The van der Waals surface area contributed by atoms with Crippen molar-refractivity contribution in [2.24, 2.45) is 5.92 Å². The summed E-state index contributed by atoms with van der Waals surface area (Å²) in [4.78, 5) is 43.0. The second-order valence-electron chi connectivity index (χ2n) is 8.60. The number of hydrogen-bond donors (Lipinski definition) is 2. The zero-order chi connectivity index (χ0) is 26.0. The molecule has 2 aliphatic rings. The van der Waals surface area contributed by atoms with Crippen LogP contribution in [0.3, 0.4) is 0 Å². The van der Waals surface area contributed by atoms with E-state index in [2.05, 4.69) is 15.6 Å². The van der Waals surface area contributed by atoms with E-state index in [0.717, 1.165) is 23.3 Å². The summed E-state index contributed by atoms with van der Waals surface area (Å²) < 4.78 is 46.7. The second kappa shape index (κ2) is 10.5. The third-order valence-corrected chi connectivity index (χ3v) is 7.26. The molecule has 0 saturated carbocycles. The number of nitrogens with one attached hydrogen (secondary N) is 2. The molecule has 2 N–H and O–H groups in total. The van der Waals surface area contributed by atoms with E-state index in [1.54, 1.807) is 31.2 Å². The molecule has 4 rings (SSSR count). The van der Waals surface area contributed by atoms with Gasteiger partial charge in [0.2, 0.25) is 5.91 Å². The number of alkyl halides is 3. The van der Waals surface area contributed by atoms with Crippen LogP contribution in [0.5, 0.6) is 0 Å². The van der Waals surface area contributed by atoms with Gasteiger partial charge in [-0.3, -0.25) is 19.4 Å². The first-order valence-corrected chi connectivity index (χ1v) is 12.2. The van der Waals surface area contributed by atoms with Gasteiger partial charge in [0, 0.05) is 33.3 Å². The van der Waals surface area contributed by atoms with Crippen LogP contribution in [0.1, 0.15) is 44.0 Å². The van der Waals surface area contributed by atoms with Gasteiger partial charge in [-0.2, -0.15) is 13.2 Å². The van der Waals surface area contributed by atoms with Gasteiger partial charge >= 0.3 is 6.18 Å². The van der Waals surface area contributed by atoms with E-state index < -0.39 is 42.4 Å². The van der Waals surface area contributed by atoms with Gasteiger partial charge in [-0.1, -0.05) is 24.3 Å². The number of benzene rings is 1. The average molecular weight is 526 g/mol. The molecule has 0 unspecified atom stereocenters. The predicted molar refractivity (Wildman–Crippen MR) is 124 cm³/mol. The highest BCUT2D eigenvalue weighted by atomic mass is 32.1. The fraction of sp³-hybridized carbons (Fsp3) is 0.478. The third-order valence-electron chi connectivity index (χ3n) is 6.13. The Morgan fingerprint density at radius 2 is 2.03 bits per heavy atom. The number of fused-ring (bicyclic) bond motifs is 2. The Kier molecular flexibility index (Phi) is 7.62. The number of aryl methyl sites for hydroxylation is 1. The van der Waals surface area contributed by atoms with Crippen molar-refractivity contribution in [3.8, 4) is 0 Å². The number of thiazole rings is 1. The molecule has 1 fully saturated rings. The molecule has 2 atom stereocenters. The van der Waals surface area contributed by atoms with Crippen molar-refractivity contribution >= 4 is 29.1 Å². The molecule has 13 heteroatoms. The Bertz CT molecular complexity index is 1160. The largest absolute Gasteiger partial charge is 0.402 e. The van der Waals surface area contributed by atoms with Gasteiger partial charge in [0.1, 0.15) is 15.9 Å². The Morgan fingerprint density at radius 3 is 2.75 bits per heavy atom. The van der Waals surface area contributed by atoms with Gasteiger partial charge in [-0.05, 0) is 24.5 Å². The molecule has 36 heavy (non-hydrogen) atoms. The van der Waals surface area contributed by atoms with Gasteiger partial charge in [0.25, 0.3) is 11.8 Å². The molecule has 3 amide bonds. The molecule has 3 heterocycles. The normalized spacial score (nSPS) is 18.9. The molecule has 0 aliphatic carbocycles. The van der Waals surface area contributed by atoms with E-state index in [1.807, 2.05) is 5.01 Å². The van der Waals surface area contributed by atoms with Crippen LogP contribution in [0, 0.1) is 12.8 Å². The first kappa shape index (κ1) is 26.0. The monoisotopic (exact) mass is 525 g/mol. The topological polar surface area (TPSA) is 104 Å². The summed E-state index contributed by atoms with van der Waals surface area (Å²) in [5, 5.41) is 8.36. The Labute approximate surface area is 209 Å². The Morgan fingerprint density at radius 1 is 1.28 bits per heavy atom. The van der Waals surface area contributed by atoms with Crippen molar-refractivity contribution in [3.05, 3.63) is 51.0 Å². The fourth-order valence-corrected chi connectivity index (χ4v) is 5.33. The van der Waals surface area contributed by atoms with Gasteiger partial charge < -0.3 is 15.4 Å². The number of nitrogens with zero attached hydrogens (tertiary/aromatic N) is 3. The number of halogens is 3. The molecular formula is C23H26F3N5O4S. The maximum absolute atomic E-state index is 13.9. The summed E-state index contributed by atoms with van der Waals surface area (Å²) in [6, 6.07) is 5.61. The minimum absolute atomic E-state index is 0.144. The first-order chi connectivity index (χ1) is 17.1. The lowest BCUT2D eigenvalue weighted by Crippen LogP contribution is -2.50. The standard InChI is InChI=1S/C23H26F3N5O4S/c1-13-19(36-17(28-13)12-35-2)21(33)27-10-16(23(24,25)26)20(32)29-18-15-7-4-3-6-14(15)11-30-8-5-9-31(30)22(18)34/h3-4,6-7,16,18H,5,8-12H2,1-2H3,(H,27,33)(H,29,32)/t16-,18+/m1/s1. The number of hydrogen-bond acceptors (Lipinski definition) is 7. The van der Waals surface area contributed by atoms with Crippen LogP contribution in [-0.2, 0) is 27.5 Å². The highest BCUT2D eigenvalue weighted by Gasteiger charge is 2.47. The van der Waals surface area contributed by atoms with Crippen molar-refractivity contribution in [2.75, 3.05) is 26.7 Å².